The molecule has 0 bridgehead atoms. The fraction of sp³-hybridized carbons (Fsp3) is 0.806. The first kappa shape index (κ1) is 32.6. The summed E-state index contributed by atoms with van der Waals surface area (Å²) in [5.74, 6) is -3.62. The van der Waals surface area contributed by atoms with Gasteiger partial charge in [-0.25, -0.2) is 4.79 Å². The molecular weight excluding hydrogens is 546 g/mol. The minimum atomic E-state index is -2.33. The number of piperidine rings is 1. The van der Waals surface area contributed by atoms with Crippen LogP contribution >= 0.6 is 0 Å². The van der Waals surface area contributed by atoms with Gasteiger partial charge in [-0.05, 0) is 58.0 Å². The molecule has 0 amide bonds. The Morgan fingerprint density at radius 2 is 1.71 bits per heavy atom. The van der Waals surface area contributed by atoms with Crippen molar-refractivity contribution in [3.63, 3.8) is 0 Å². The van der Waals surface area contributed by atoms with Crippen LogP contribution in [0.5, 0.6) is 0 Å². The number of Topliss-reactive ketones (excluding diaryl/α,β-unsaturated/α-hetero) is 1. The van der Waals surface area contributed by atoms with Crippen LogP contribution in [-0.2, 0) is 38.1 Å². The van der Waals surface area contributed by atoms with E-state index in [2.05, 4.69) is 6.58 Å². The van der Waals surface area contributed by atoms with Crippen molar-refractivity contribution >= 4 is 23.7 Å². The molecule has 0 aromatic rings. The summed E-state index contributed by atoms with van der Waals surface area (Å²) in [6, 6.07) is 0. The van der Waals surface area contributed by atoms with Crippen molar-refractivity contribution in [2.45, 2.75) is 115 Å². The highest BCUT2D eigenvalue weighted by atomic mass is 16.6. The third-order valence-corrected chi connectivity index (χ3v) is 10.4. The lowest BCUT2D eigenvalue weighted by molar-refractivity contribution is -0.371. The molecule has 2 N–H and O–H groups in total. The molecule has 2 saturated heterocycles. The van der Waals surface area contributed by atoms with Gasteiger partial charge in [0, 0.05) is 24.7 Å². The molecule has 42 heavy (non-hydrogen) atoms. The minimum Gasteiger partial charge on any atom is -0.455 e. The number of esters is 3. The van der Waals surface area contributed by atoms with E-state index in [-0.39, 0.29) is 19.4 Å². The lowest BCUT2D eigenvalue weighted by Gasteiger charge is -2.71. The standard InChI is InChI=1S/C31H47NO10/c1-8-28(5)16-21(35)31(38)29(6)20(34)12-13-27(3,4)25(29)24(26(40-19(2)33)30(31,7)42-28)41-23(37)18-39-22(36)17-32-14-10-9-11-15-32/h8,20,24-26,34,38H,1,9-18H2,2-7H3/t20-,24-,25-,26-,28-,29-,30+,31-/m0/s1. The van der Waals surface area contributed by atoms with Gasteiger partial charge in [-0.2, -0.15) is 0 Å². The number of hydrogen-bond acceptors (Lipinski definition) is 11. The number of fused-ring (bicyclic) bond motifs is 3. The first-order chi connectivity index (χ1) is 19.4. The molecule has 4 rings (SSSR count). The van der Waals surface area contributed by atoms with Gasteiger partial charge in [0.2, 0.25) is 0 Å². The third-order valence-electron chi connectivity index (χ3n) is 10.4. The van der Waals surface area contributed by atoms with E-state index in [1.54, 1.807) is 13.8 Å². The Morgan fingerprint density at radius 3 is 2.31 bits per heavy atom. The fourth-order valence-corrected chi connectivity index (χ4v) is 8.41. The molecule has 2 aliphatic carbocycles. The molecule has 11 heteroatoms. The Hall–Kier alpha value is -2.34. The highest BCUT2D eigenvalue weighted by Gasteiger charge is 2.82. The van der Waals surface area contributed by atoms with Crippen molar-refractivity contribution in [1.82, 2.24) is 4.90 Å². The average Bonchev–Trinajstić information content (AvgIpc) is 2.90. The summed E-state index contributed by atoms with van der Waals surface area (Å²) in [6.07, 6.45) is 1.20. The van der Waals surface area contributed by atoms with Gasteiger partial charge in [0.05, 0.1) is 18.2 Å². The second-order valence-corrected chi connectivity index (χ2v) is 13.8. The Kier molecular flexibility index (Phi) is 8.76. The summed E-state index contributed by atoms with van der Waals surface area (Å²) in [5, 5.41) is 24.2. The quantitative estimate of drug-likeness (QED) is 0.254. The number of likely N-dealkylation sites (tertiary alicyclic amines) is 1. The van der Waals surface area contributed by atoms with Gasteiger partial charge in [0.1, 0.15) is 11.7 Å². The number of aliphatic hydroxyl groups excluding tert-OH is 1. The zero-order chi connectivity index (χ0) is 31.3. The zero-order valence-electron chi connectivity index (χ0n) is 25.8. The number of ether oxygens (including phenoxy) is 4. The molecule has 11 nitrogen and oxygen atoms in total. The lowest BCUT2D eigenvalue weighted by Crippen LogP contribution is -2.87. The van der Waals surface area contributed by atoms with E-state index in [0.29, 0.717) is 6.42 Å². The molecule has 2 aliphatic heterocycles. The molecule has 236 valence electrons. The summed E-state index contributed by atoms with van der Waals surface area (Å²) >= 11 is 0. The molecule has 0 spiro atoms. The van der Waals surface area contributed by atoms with Gasteiger partial charge in [0.25, 0.3) is 0 Å². The molecule has 8 atom stereocenters. The maximum atomic E-state index is 14.0. The predicted molar refractivity (Wildman–Crippen MR) is 150 cm³/mol. The van der Waals surface area contributed by atoms with Gasteiger partial charge in [0.15, 0.2) is 24.1 Å². The van der Waals surface area contributed by atoms with Gasteiger partial charge < -0.3 is 29.2 Å². The molecular formula is C31H47NO10. The van der Waals surface area contributed by atoms with E-state index in [4.69, 9.17) is 18.9 Å². The van der Waals surface area contributed by atoms with Crippen LogP contribution in [0.2, 0.25) is 0 Å². The minimum absolute atomic E-state index is 0.0634. The first-order valence-corrected chi connectivity index (χ1v) is 15.0. The van der Waals surface area contributed by atoms with Crippen molar-refractivity contribution in [2.24, 2.45) is 16.7 Å². The molecule has 0 aromatic carbocycles. The van der Waals surface area contributed by atoms with Crippen molar-refractivity contribution in [1.29, 1.82) is 0 Å². The maximum absolute atomic E-state index is 14.0. The van der Waals surface area contributed by atoms with Gasteiger partial charge in [-0.1, -0.05) is 33.3 Å². The summed E-state index contributed by atoms with van der Waals surface area (Å²) in [5.41, 5.74) is -7.79. The maximum Gasteiger partial charge on any atom is 0.344 e. The monoisotopic (exact) mass is 593 g/mol. The predicted octanol–water partition coefficient (Wildman–Crippen LogP) is 2.10. The number of ketones is 1. The van der Waals surface area contributed by atoms with Crippen LogP contribution in [0.25, 0.3) is 0 Å². The average molecular weight is 594 g/mol. The number of rotatable bonds is 7. The van der Waals surface area contributed by atoms with Crippen LogP contribution in [0.3, 0.4) is 0 Å². The molecule has 2 heterocycles. The Balaban J connectivity index is 1.73. The normalized spacial score (nSPS) is 41.6. The SMILES string of the molecule is C=C[C@@]1(C)CC(=O)[C@]2(O)[C@@]3(C)[C@@H](O)CCC(C)(C)[C@@H]3[C@H](OC(=O)COC(=O)CN3CCCCC3)[C@H](OC(C)=O)[C@@]2(C)O1. The van der Waals surface area contributed by atoms with Gasteiger partial charge in [-0.3, -0.25) is 19.3 Å². The summed E-state index contributed by atoms with van der Waals surface area (Å²) in [6.45, 7) is 14.4. The van der Waals surface area contributed by atoms with Gasteiger partial charge >= 0.3 is 17.9 Å². The molecule has 0 unspecified atom stereocenters. The summed E-state index contributed by atoms with van der Waals surface area (Å²) < 4.78 is 23.5. The fourth-order valence-electron chi connectivity index (χ4n) is 8.41. The first-order valence-electron chi connectivity index (χ1n) is 15.0. The highest BCUT2D eigenvalue weighted by molar-refractivity contribution is 5.92. The van der Waals surface area contributed by atoms with E-state index < -0.39 is 82.2 Å². The van der Waals surface area contributed by atoms with Crippen LogP contribution in [0, 0.1) is 16.7 Å². The van der Waals surface area contributed by atoms with Crippen LogP contribution < -0.4 is 0 Å². The van der Waals surface area contributed by atoms with Crippen molar-refractivity contribution in [3.8, 4) is 0 Å². The van der Waals surface area contributed by atoms with Crippen molar-refractivity contribution < 1.29 is 48.3 Å². The molecule has 0 radical (unpaired) electrons. The Labute approximate surface area is 247 Å². The number of carbonyl (C=O) groups is 4. The largest absolute Gasteiger partial charge is 0.455 e. The van der Waals surface area contributed by atoms with Crippen LogP contribution in [0.15, 0.2) is 12.7 Å². The third kappa shape index (κ3) is 5.20. The number of aliphatic hydroxyl groups is 2. The van der Waals surface area contributed by atoms with Crippen LogP contribution in [0.4, 0.5) is 0 Å². The Bertz CT molecular complexity index is 1120. The Morgan fingerprint density at radius 1 is 1.07 bits per heavy atom. The molecule has 0 aromatic heterocycles. The second kappa shape index (κ2) is 11.3. The van der Waals surface area contributed by atoms with E-state index in [1.165, 1.54) is 19.9 Å². The zero-order valence-corrected chi connectivity index (χ0v) is 25.8. The van der Waals surface area contributed by atoms with E-state index in [1.807, 2.05) is 18.7 Å². The van der Waals surface area contributed by atoms with Crippen molar-refractivity contribution in [3.05, 3.63) is 12.7 Å². The second-order valence-electron chi connectivity index (χ2n) is 13.8. The van der Waals surface area contributed by atoms with E-state index in [9.17, 15) is 29.4 Å². The van der Waals surface area contributed by atoms with Crippen LogP contribution in [-0.4, -0.2) is 100 Å². The van der Waals surface area contributed by atoms with Crippen LogP contribution in [0.1, 0.15) is 80.1 Å². The summed E-state index contributed by atoms with van der Waals surface area (Å²) in [7, 11) is 0. The number of carbonyl (C=O) groups excluding carboxylic acids is 4. The highest BCUT2D eigenvalue weighted by Crippen LogP contribution is 2.67. The number of hydrogen-bond donors (Lipinski definition) is 2. The summed E-state index contributed by atoms with van der Waals surface area (Å²) in [4.78, 5) is 54.3. The van der Waals surface area contributed by atoms with E-state index in [0.717, 1.165) is 32.4 Å². The smallest absolute Gasteiger partial charge is 0.344 e. The van der Waals surface area contributed by atoms with Crippen molar-refractivity contribution in [2.75, 3.05) is 26.2 Å². The van der Waals surface area contributed by atoms with Gasteiger partial charge in [-0.15, -0.1) is 6.58 Å². The van der Waals surface area contributed by atoms with E-state index >= 15 is 0 Å². The number of nitrogens with zero attached hydrogens (tertiary/aromatic N) is 1. The topological polar surface area (TPSA) is 149 Å². The lowest BCUT2D eigenvalue weighted by atomic mass is 9.39. The molecule has 4 aliphatic rings. The molecule has 4 fully saturated rings. The molecule has 2 saturated carbocycles.